The third-order valence-corrected chi connectivity index (χ3v) is 3.84. The van der Waals surface area contributed by atoms with Crippen molar-refractivity contribution in [3.05, 3.63) is 54.7 Å². The molecule has 0 radical (unpaired) electrons. The second-order valence-corrected chi connectivity index (χ2v) is 5.18. The van der Waals surface area contributed by atoms with E-state index in [0.717, 1.165) is 33.2 Å². The standard InChI is InChI=1S/C17H14N3O/c1-11-3-4-12-13-9-18-8-6-15(13)21-17(12)16(11)14-5-7-19-10-20(14)2/h3-10H,1-2H3/q+1. The van der Waals surface area contributed by atoms with Gasteiger partial charge in [0.25, 0.3) is 6.33 Å². The third-order valence-electron chi connectivity index (χ3n) is 3.84. The fraction of sp³-hybridized carbons (Fsp3) is 0.118. The number of aryl methyl sites for hydroxylation is 2. The number of furan rings is 1. The molecule has 0 bridgehead atoms. The maximum absolute atomic E-state index is 6.10. The fourth-order valence-electron chi connectivity index (χ4n) is 2.79. The van der Waals surface area contributed by atoms with E-state index in [2.05, 4.69) is 29.0 Å². The van der Waals surface area contributed by atoms with Gasteiger partial charge in [-0.05, 0) is 18.6 Å². The van der Waals surface area contributed by atoms with Gasteiger partial charge in [0.05, 0.1) is 12.6 Å². The lowest BCUT2D eigenvalue weighted by molar-refractivity contribution is -0.663. The van der Waals surface area contributed by atoms with Crippen LogP contribution in [-0.4, -0.2) is 9.97 Å². The summed E-state index contributed by atoms with van der Waals surface area (Å²) in [4.78, 5) is 8.35. The Bertz CT molecular complexity index is 972. The zero-order valence-electron chi connectivity index (χ0n) is 11.9. The Kier molecular flexibility index (Phi) is 2.51. The molecule has 0 aliphatic rings. The minimum absolute atomic E-state index is 0.864. The van der Waals surface area contributed by atoms with E-state index in [-0.39, 0.29) is 0 Å². The van der Waals surface area contributed by atoms with Crippen molar-refractivity contribution in [3.8, 4) is 11.3 Å². The van der Waals surface area contributed by atoms with Gasteiger partial charge >= 0.3 is 0 Å². The first-order chi connectivity index (χ1) is 10.3. The summed E-state index contributed by atoms with van der Waals surface area (Å²) >= 11 is 0. The first-order valence-corrected chi connectivity index (χ1v) is 6.81. The molecule has 0 spiro atoms. The van der Waals surface area contributed by atoms with E-state index in [1.54, 1.807) is 18.7 Å². The molecule has 0 N–H and O–H groups in total. The van der Waals surface area contributed by atoms with Gasteiger partial charge in [-0.15, -0.1) is 0 Å². The minimum Gasteiger partial charge on any atom is -0.455 e. The molecule has 4 aromatic rings. The smallest absolute Gasteiger partial charge is 0.286 e. The molecular formula is C17H14N3O+. The van der Waals surface area contributed by atoms with Gasteiger partial charge in [0.2, 0.25) is 0 Å². The van der Waals surface area contributed by atoms with Gasteiger partial charge in [-0.1, -0.05) is 17.1 Å². The summed E-state index contributed by atoms with van der Waals surface area (Å²) in [7, 11) is 1.99. The number of aromatic nitrogens is 3. The molecule has 0 saturated heterocycles. The number of nitrogens with zero attached hydrogens (tertiary/aromatic N) is 3. The number of pyridine rings is 1. The van der Waals surface area contributed by atoms with Crippen LogP contribution in [0.3, 0.4) is 0 Å². The van der Waals surface area contributed by atoms with Crippen LogP contribution >= 0.6 is 0 Å². The first-order valence-electron chi connectivity index (χ1n) is 6.81. The Morgan fingerprint density at radius 1 is 1.00 bits per heavy atom. The Hall–Kier alpha value is -2.75. The van der Waals surface area contributed by atoms with Crippen molar-refractivity contribution in [1.82, 2.24) is 9.97 Å². The van der Waals surface area contributed by atoms with Crippen molar-refractivity contribution in [2.75, 3.05) is 0 Å². The first kappa shape index (κ1) is 12.0. The van der Waals surface area contributed by atoms with E-state index in [9.17, 15) is 0 Å². The maximum Gasteiger partial charge on any atom is 0.286 e. The van der Waals surface area contributed by atoms with Crippen LogP contribution in [0.5, 0.6) is 0 Å². The van der Waals surface area contributed by atoms with Gasteiger partial charge < -0.3 is 4.42 Å². The second kappa shape index (κ2) is 4.38. The Morgan fingerprint density at radius 2 is 1.86 bits per heavy atom. The molecule has 1 aromatic carbocycles. The molecule has 0 fully saturated rings. The summed E-state index contributed by atoms with van der Waals surface area (Å²) in [5.74, 6) is 0. The van der Waals surface area contributed by atoms with Crippen molar-refractivity contribution in [2.45, 2.75) is 6.92 Å². The molecule has 4 nitrogen and oxygen atoms in total. The lowest BCUT2D eigenvalue weighted by Crippen LogP contribution is -2.31. The van der Waals surface area contributed by atoms with Crippen molar-refractivity contribution >= 4 is 21.9 Å². The van der Waals surface area contributed by atoms with E-state index in [4.69, 9.17) is 4.42 Å². The SMILES string of the molecule is Cc1ccc2c(oc3ccncc32)c1-c1ccnc[n+]1C. The van der Waals surface area contributed by atoms with Gasteiger partial charge in [0.1, 0.15) is 23.1 Å². The molecule has 0 amide bonds. The summed E-state index contributed by atoms with van der Waals surface area (Å²) in [6.07, 6.45) is 7.21. The predicted molar refractivity (Wildman–Crippen MR) is 80.7 cm³/mol. The van der Waals surface area contributed by atoms with Crippen molar-refractivity contribution in [1.29, 1.82) is 0 Å². The quantitative estimate of drug-likeness (QED) is 0.501. The highest BCUT2D eigenvalue weighted by Gasteiger charge is 2.18. The molecule has 3 heterocycles. The summed E-state index contributed by atoms with van der Waals surface area (Å²) in [5, 5.41) is 2.14. The molecule has 4 heteroatoms. The molecule has 4 rings (SSSR count). The van der Waals surface area contributed by atoms with Gasteiger partial charge in [0, 0.05) is 29.2 Å². The average molecular weight is 276 g/mol. The fourth-order valence-corrected chi connectivity index (χ4v) is 2.79. The highest BCUT2D eigenvalue weighted by molar-refractivity contribution is 6.09. The van der Waals surface area contributed by atoms with Crippen molar-refractivity contribution in [2.24, 2.45) is 7.05 Å². The van der Waals surface area contributed by atoms with E-state index < -0.39 is 0 Å². The van der Waals surface area contributed by atoms with E-state index in [0.29, 0.717) is 0 Å². The Morgan fingerprint density at radius 3 is 2.71 bits per heavy atom. The van der Waals surface area contributed by atoms with Crippen LogP contribution in [0.15, 0.2) is 53.6 Å². The zero-order valence-corrected chi connectivity index (χ0v) is 11.9. The lowest BCUT2D eigenvalue weighted by atomic mass is 10.0. The number of hydrogen-bond donors (Lipinski definition) is 0. The van der Waals surface area contributed by atoms with E-state index >= 15 is 0 Å². The van der Waals surface area contributed by atoms with Gasteiger partial charge in [-0.25, -0.2) is 4.57 Å². The topological polar surface area (TPSA) is 42.8 Å². The van der Waals surface area contributed by atoms with Crippen LogP contribution in [0.25, 0.3) is 33.2 Å². The van der Waals surface area contributed by atoms with Gasteiger partial charge in [0.15, 0.2) is 0 Å². The van der Waals surface area contributed by atoms with E-state index in [1.165, 1.54) is 5.56 Å². The van der Waals surface area contributed by atoms with Crippen LogP contribution in [0, 0.1) is 6.92 Å². The number of hydrogen-bond acceptors (Lipinski definition) is 3. The molecule has 0 saturated carbocycles. The summed E-state index contributed by atoms with van der Waals surface area (Å²) in [5.41, 5.74) is 5.13. The molecule has 0 unspecified atom stereocenters. The molecule has 0 atom stereocenters. The Labute approximate surface area is 121 Å². The average Bonchev–Trinajstić information content (AvgIpc) is 2.87. The van der Waals surface area contributed by atoms with E-state index in [1.807, 2.05) is 29.9 Å². The molecule has 0 aliphatic carbocycles. The maximum atomic E-state index is 6.10. The summed E-state index contributed by atoms with van der Waals surface area (Å²) in [6, 6.07) is 8.14. The summed E-state index contributed by atoms with van der Waals surface area (Å²) in [6.45, 7) is 2.10. The molecule has 21 heavy (non-hydrogen) atoms. The monoisotopic (exact) mass is 276 g/mol. The largest absolute Gasteiger partial charge is 0.455 e. The molecule has 3 aromatic heterocycles. The van der Waals surface area contributed by atoms with Crippen LogP contribution in [0.4, 0.5) is 0 Å². The summed E-state index contributed by atoms with van der Waals surface area (Å²) < 4.78 is 8.11. The number of rotatable bonds is 1. The highest BCUT2D eigenvalue weighted by Crippen LogP contribution is 2.36. The second-order valence-electron chi connectivity index (χ2n) is 5.18. The molecule has 102 valence electrons. The zero-order chi connectivity index (χ0) is 14.4. The number of fused-ring (bicyclic) bond motifs is 3. The van der Waals surface area contributed by atoms with Crippen LogP contribution in [0.2, 0.25) is 0 Å². The highest BCUT2D eigenvalue weighted by atomic mass is 16.3. The van der Waals surface area contributed by atoms with Crippen LogP contribution in [-0.2, 0) is 7.05 Å². The predicted octanol–water partition coefficient (Wildman–Crippen LogP) is 3.18. The van der Waals surface area contributed by atoms with Crippen LogP contribution < -0.4 is 4.57 Å². The Balaban J connectivity index is 2.18. The van der Waals surface area contributed by atoms with Gasteiger partial charge in [-0.3, -0.25) is 4.98 Å². The van der Waals surface area contributed by atoms with Crippen molar-refractivity contribution < 1.29 is 8.98 Å². The van der Waals surface area contributed by atoms with Crippen LogP contribution in [0.1, 0.15) is 5.56 Å². The third kappa shape index (κ3) is 1.72. The minimum atomic E-state index is 0.864. The molecule has 0 aliphatic heterocycles. The van der Waals surface area contributed by atoms with Gasteiger partial charge in [-0.2, -0.15) is 0 Å². The normalized spacial score (nSPS) is 11.3. The van der Waals surface area contributed by atoms with Crippen molar-refractivity contribution in [3.63, 3.8) is 0 Å². The lowest BCUT2D eigenvalue weighted by Gasteiger charge is -2.06. The molecular weight excluding hydrogens is 262 g/mol. The number of benzene rings is 1.